The van der Waals surface area contributed by atoms with Gasteiger partial charge in [0, 0.05) is 45.1 Å². The number of halogens is 1. The number of nitrogens with one attached hydrogen (secondary N) is 5. The van der Waals surface area contributed by atoms with Crippen molar-refractivity contribution in [3.05, 3.63) is 29.8 Å². The maximum absolute atomic E-state index is 14.2. The maximum Gasteiger partial charge on any atom is 0.407 e. The first-order valence-corrected chi connectivity index (χ1v) is 18.7. The highest BCUT2D eigenvalue weighted by atomic mass is 19.1. The Morgan fingerprint density at radius 1 is 1.04 bits per heavy atom. The summed E-state index contributed by atoms with van der Waals surface area (Å²) >= 11 is 0. The van der Waals surface area contributed by atoms with Gasteiger partial charge in [0.25, 0.3) is 0 Å². The normalized spacial score (nSPS) is 23.2. The van der Waals surface area contributed by atoms with Crippen LogP contribution in [0.3, 0.4) is 0 Å². The molecule has 19 nitrogen and oxygen atoms in total. The average Bonchev–Trinajstić information content (AvgIpc) is 3.52. The van der Waals surface area contributed by atoms with Crippen molar-refractivity contribution in [2.24, 2.45) is 11.7 Å². The third-order valence-corrected chi connectivity index (χ3v) is 9.44. The lowest BCUT2D eigenvalue weighted by molar-refractivity contribution is -0.239. The molecule has 2 fully saturated rings. The van der Waals surface area contributed by atoms with E-state index in [9.17, 15) is 43.4 Å². The highest BCUT2D eigenvalue weighted by Crippen LogP contribution is 2.23. The summed E-state index contributed by atoms with van der Waals surface area (Å²) in [5.74, 6) is -1.76. The molecule has 3 rings (SSSR count). The Kier molecular flexibility index (Phi) is 18.6. The lowest BCUT2D eigenvalue weighted by Gasteiger charge is -2.38. The number of carbonyl (C=O) groups excluding carboxylic acids is 6. The van der Waals surface area contributed by atoms with Crippen molar-refractivity contribution in [1.29, 1.82) is 0 Å². The number of anilines is 1. The van der Waals surface area contributed by atoms with Crippen molar-refractivity contribution < 1.29 is 62.7 Å². The second-order valence-electron chi connectivity index (χ2n) is 14.0. The van der Waals surface area contributed by atoms with Crippen LogP contribution in [-0.2, 0) is 40.0 Å². The number of primary amides is 1. The van der Waals surface area contributed by atoms with Crippen molar-refractivity contribution in [1.82, 2.24) is 26.2 Å². The number of ether oxygens (including phenoxy) is 3. The van der Waals surface area contributed by atoms with Gasteiger partial charge in [-0.25, -0.2) is 14.0 Å². The second kappa shape index (κ2) is 22.8. The molecule has 20 heteroatoms. The van der Waals surface area contributed by atoms with Gasteiger partial charge in [-0.15, -0.1) is 0 Å². The Bertz CT molecular complexity index is 1470. The zero-order chi connectivity index (χ0) is 41.4. The Labute approximate surface area is 324 Å². The summed E-state index contributed by atoms with van der Waals surface area (Å²) < 4.78 is 29.5. The van der Waals surface area contributed by atoms with Crippen LogP contribution >= 0.6 is 0 Å². The SMILES string of the molecule is COC1CCC(=O)N1CCCCCC(=O)NC(C(=O)NC(CCCNC(N)=O)C(=O)Nc1ccc(COC(=O)N[C@H]2C(O)O[C@H](CO)[C@@H](F)[C@@H]2O)cc1)C(C)C. The lowest BCUT2D eigenvalue weighted by atomic mass is 9.98. The molecule has 56 heavy (non-hydrogen) atoms. The van der Waals surface area contributed by atoms with E-state index in [1.807, 2.05) is 0 Å². The second-order valence-corrected chi connectivity index (χ2v) is 14.0. The molecule has 0 radical (unpaired) electrons. The first kappa shape index (κ1) is 45.8. The first-order valence-electron chi connectivity index (χ1n) is 18.7. The van der Waals surface area contributed by atoms with Crippen LogP contribution in [0.1, 0.15) is 70.8 Å². The van der Waals surface area contributed by atoms with E-state index in [0.717, 1.165) is 0 Å². The van der Waals surface area contributed by atoms with Gasteiger partial charge >= 0.3 is 12.1 Å². The molecule has 7 amide bonds. The smallest absolute Gasteiger partial charge is 0.407 e. The van der Waals surface area contributed by atoms with Crippen molar-refractivity contribution in [2.75, 3.05) is 32.1 Å². The molecule has 0 bridgehead atoms. The third-order valence-electron chi connectivity index (χ3n) is 9.44. The van der Waals surface area contributed by atoms with Gasteiger partial charge in [0.05, 0.1) is 6.61 Å². The number of nitrogens with two attached hydrogens (primary N) is 1. The summed E-state index contributed by atoms with van der Waals surface area (Å²) in [6, 6.07) is 1.79. The third kappa shape index (κ3) is 14.1. The summed E-state index contributed by atoms with van der Waals surface area (Å²) in [5.41, 5.74) is 5.95. The fourth-order valence-corrected chi connectivity index (χ4v) is 6.26. The zero-order valence-electron chi connectivity index (χ0n) is 31.9. The minimum Gasteiger partial charge on any atom is -0.445 e. The van der Waals surface area contributed by atoms with E-state index in [2.05, 4.69) is 26.6 Å². The van der Waals surface area contributed by atoms with Gasteiger partial charge < -0.3 is 66.7 Å². The van der Waals surface area contributed by atoms with E-state index < -0.39 is 73.3 Å². The standard InChI is InChI=1S/C36H56FN7O12/c1-20(2)29(42-25(46)9-5-4-6-17-44-26(47)14-15-27(44)54-3)33(50)41-23(8-7-16-39-35(38)52)32(49)40-22-12-10-21(11-13-22)19-55-36(53)43-30-31(48)28(37)24(18-45)56-34(30)51/h10-13,20,23-24,27-31,34,45,48,51H,4-9,14-19H2,1-3H3,(H,40,49)(H,41,50)(H,42,46)(H,43,53)(H3,38,39,52)/t23?,24-,27?,28-,29?,30-,31+,34?/m1/s1. The molecule has 10 N–H and O–H groups in total. The van der Waals surface area contributed by atoms with E-state index in [-0.39, 0.29) is 56.4 Å². The predicted octanol–water partition coefficient (Wildman–Crippen LogP) is -0.142. The number of likely N-dealkylation sites (tertiary alicyclic amines) is 1. The van der Waals surface area contributed by atoms with Crippen LogP contribution in [-0.4, -0.2) is 132 Å². The Balaban J connectivity index is 1.52. The molecule has 0 aliphatic carbocycles. The number of rotatable bonds is 21. The molecule has 0 spiro atoms. The Morgan fingerprint density at radius 2 is 1.75 bits per heavy atom. The molecule has 314 valence electrons. The molecule has 2 aliphatic rings. The predicted molar refractivity (Wildman–Crippen MR) is 197 cm³/mol. The molecule has 0 aromatic heterocycles. The molecule has 1 aromatic rings. The molecule has 0 saturated carbocycles. The number of methoxy groups -OCH3 is 1. The number of amides is 7. The summed E-state index contributed by atoms with van der Waals surface area (Å²) in [7, 11) is 1.57. The topological polar surface area (TPSA) is 280 Å². The molecule has 4 unspecified atom stereocenters. The van der Waals surface area contributed by atoms with Crippen LogP contribution in [0.15, 0.2) is 24.3 Å². The van der Waals surface area contributed by atoms with Gasteiger partial charge in [0.2, 0.25) is 23.6 Å². The van der Waals surface area contributed by atoms with Crippen molar-refractivity contribution in [3.8, 4) is 0 Å². The van der Waals surface area contributed by atoms with E-state index >= 15 is 0 Å². The summed E-state index contributed by atoms with van der Waals surface area (Å²) in [6.07, 6.45) is -4.86. The number of alkyl carbamates (subject to hydrolysis) is 1. The van der Waals surface area contributed by atoms with Crippen molar-refractivity contribution in [3.63, 3.8) is 0 Å². The van der Waals surface area contributed by atoms with E-state index in [1.165, 1.54) is 24.3 Å². The van der Waals surface area contributed by atoms with Gasteiger partial charge in [-0.1, -0.05) is 32.4 Å². The van der Waals surface area contributed by atoms with E-state index in [1.54, 1.807) is 25.9 Å². The Morgan fingerprint density at radius 3 is 2.39 bits per heavy atom. The number of nitrogens with zero attached hydrogens (tertiary/aromatic N) is 1. The Hall–Kier alpha value is -4.63. The van der Waals surface area contributed by atoms with Gasteiger partial charge in [-0.2, -0.15) is 0 Å². The molecule has 2 aliphatic heterocycles. The maximum atomic E-state index is 14.2. The molecule has 1 aromatic carbocycles. The van der Waals surface area contributed by atoms with Crippen LogP contribution in [0.4, 0.5) is 19.7 Å². The zero-order valence-corrected chi connectivity index (χ0v) is 31.9. The molecule has 2 saturated heterocycles. The number of benzene rings is 1. The van der Waals surface area contributed by atoms with Crippen LogP contribution in [0, 0.1) is 5.92 Å². The number of unbranched alkanes of at least 4 members (excludes halogenated alkanes) is 2. The van der Waals surface area contributed by atoms with Crippen LogP contribution in [0.2, 0.25) is 0 Å². The minimum atomic E-state index is -2.06. The monoisotopic (exact) mass is 797 g/mol. The number of carbonyl (C=O) groups is 6. The van der Waals surface area contributed by atoms with Crippen LogP contribution < -0.4 is 32.3 Å². The lowest BCUT2D eigenvalue weighted by Crippen LogP contribution is -2.63. The largest absolute Gasteiger partial charge is 0.445 e. The number of alkyl halides is 1. The minimum absolute atomic E-state index is 0.0518. The van der Waals surface area contributed by atoms with Crippen LogP contribution in [0.5, 0.6) is 0 Å². The quantitative estimate of drug-likeness (QED) is 0.0736. The summed E-state index contributed by atoms with van der Waals surface area (Å²) in [5, 5.41) is 42.0. The highest BCUT2D eigenvalue weighted by molar-refractivity contribution is 5.98. The summed E-state index contributed by atoms with van der Waals surface area (Å²) in [4.78, 5) is 77.0. The van der Waals surface area contributed by atoms with Crippen LogP contribution in [0.25, 0.3) is 0 Å². The highest BCUT2D eigenvalue weighted by Gasteiger charge is 2.45. The van der Waals surface area contributed by atoms with E-state index in [0.29, 0.717) is 49.9 Å². The fraction of sp³-hybridized carbons (Fsp3) is 0.667. The molecule has 8 atom stereocenters. The average molecular weight is 798 g/mol. The number of urea groups is 1. The van der Waals surface area contributed by atoms with E-state index in [4.69, 9.17) is 25.1 Å². The van der Waals surface area contributed by atoms with Crippen molar-refractivity contribution in [2.45, 2.75) is 121 Å². The number of aliphatic hydroxyl groups excluding tert-OH is 3. The fourth-order valence-electron chi connectivity index (χ4n) is 6.26. The summed E-state index contributed by atoms with van der Waals surface area (Å²) in [6.45, 7) is 3.14. The van der Waals surface area contributed by atoms with Gasteiger partial charge in [0.15, 0.2) is 12.5 Å². The van der Waals surface area contributed by atoms with Gasteiger partial charge in [-0.3, -0.25) is 19.2 Å². The first-order chi connectivity index (χ1) is 26.6. The number of hydrogen-bond acceptors (Lipinski definition) is 12. The number of aliphatic hydroxyl groups is 3. The molecular formula is C36H56FN7O12. The molecular weight excluding hydrogens is 741 g/mol. The van der Waals surface area contributed by atoms with Gasteiger partial charge in [0.1, 0.15) is 43.2 Å². The van der Waals surface area contributed by atoms with Gasteiger partial charge in [-0.05, 0) is 49.3 Å². The number of hydrogen-bond donors (Lipinski definition) is 9. The molecule has 2 heterocycles. The van der Waals surface area contributed by atoms with Crippen molar-refractivity contribution >= 4 is 41.4 Å².